The topological polar surface area (TPSA) is 432 Å². The number of hydrogen-bond acceptors (Lipinski definition) is 33. The van der Waals surface area contributed by atoms with Gasteiger partial charge in [0.05, 0.1) is 155 Å². The molecule has 5 aliphatic rings. The third-order valence-electron chi connectivity index (χ3n) is 13.6. The van der Waals surface area contributed by atoms with Gasteiger partial charge in [-0.15, -0.1) is 12.8 Å². The van der Waals surface area contributed by atoms with Gasteiger partial charge in [0.25, 0.3) is 0 Å². The Morgan fingerprint density at radius 1 is 0.296 bits per heavy atom. The average molecular weight is 2290 g/mol. The molecule has 0 aliphatic carbocycles. The molecule has 0 aromatic rings. The van der Waals surface area contributed by atoms with Crippen LogP contribution in [0.2, 0.25) is 0 Å². The first-order chi connectivity index (χ1) is 47.3. The molecular formula is C65H135Ba5O33P5. The molecule has 5 heterocycles. The summed E-state index contributed by atoms with van der Waals surface area (Å²) in [5, 5.41) is 79.1. The van der Waals surface area contributed by atoms with Crippen molar-refractivity contribution in [3.05, 3.63) is 33.0 Å². The normalized spacial score (nSPS) is 30.8. The van der Waals surface area contributed by atoms with E-state index in [9.17, 15) is 63.7 Å². The van der Waals surface area contributed by atoms with Gasteiger partial charge in [0.1, 0.15) is 30.5 Å². The maximum Gasteiger partial charge on any atom is 2.00 e. The molecule has 108 heavy (non-hydrogen) atoms. The van der Waals surface area contributed by atoms with Gasteiger partial charge >= 0.3 is 282 Å². The molecule has 0 spiro atoms. The van der Waals surface area contributed by atoms with Crippen molar-refractivity contribution in [3.8, 4) is 0 Å². The van der Waals surface area contributed by atoms with E-state index < -0.39 is 148 Å². The monoisotopic (exact) mass is 2290 g/mol. The summed E-state index contributed by atoms with van der Waals surface area (Å²) < 4.78 is 169. The molecule has 5 saturated heterocycles. The molecule has 8 N–H and O–H groups in total. The zero-order valence-corrected chi connectivity index (χ0v) is 95.2. The van der Waals surface area contributed by atoms with Gasteiger partial charge in [-0.2, -0.15) is 19.8 Å². The Labute approximate surface area is 853 Å². The summed E-state index contributed by atoms with van der Waals surface area (Å²) in [7, 11) is -16.7. The van der Waals surface area contributed by atoms with Crippen LogP contribution in [-0.2, 0) is 115 Å². The predicted molar refractivity (Wildman–Crippen MR) is 416 cm³/mol. The van der Waals surface area contributed by atoms with Crippen LogP contribution >= 0.6 is 38.0 Å². The summed E-state index contributed by atoms with van der Waals surface area (Å²) in [6, 6.07) is 0. The molecule has 23 atom stereocenters. The summed E-state index contributed by atoms with van der Waals surface area (Å²) in [4.78, 5) is 0. The van der Waals surface area contributed by atoms with E-state index in [4.69, 9.17) is 92.6 Å². The predicted octanol–water partition coefficient (Wildman–Crippen LogP) is 7.35. The van der Waals surface area contributed by atoms with E-state index in [1.165, 1.54) is 46.5 Å². The largest absolute Gasteiger partial charge is 2.00 e. The van der Waals surface area contributed by atoms with E-state index in [-0.39, 0.29) is 346 Å². The Morgan fingerprint density at radius 3 is 0.630 bits per heavy atom. The molecule has 0 bridgehead atoms. The molecule has 628 valence electrons. The fourth-order valence-corrected chi connectivity index (χ4v) is 17.3. The maximum atomic E-state index is 12.3. The molecule has 5 rings (SSSR count). The fraction of sp³-hybridized carbons (Fsp3) is 0.923. The molecule has 43 heteroatoms. The van der Waals surface area contributed by atoms with Crippen molar-refractivity contribution in [2.45, 2.75) is 322 Å². The minimum absolute atomic E-state index is 0. The molecular weight excluding hydrogens is 2150 g/mol. The van der Waals surface area contributed by atoms with Gasteiger partial charge in [-0.25, -0.2) is 13.2 Å². The van der Waals surface area contributed by atoms with E-state index in [1.807, 2.05) is 69.2 Å². The third kappa shape index (κ3) is 55.4. The quantitative estimate of drug-likeness (QED) is 0.0174. The second-order valence-corrected chi connectivity index (χ2v) is 37.9. The zero-order valence-electron chi connectivity index (χ0n) is 73.6. The van der Waals surface area contributed by atoms with Gasteiger partial charge in [0.2, 0.25) is 0 Å². The van der Waals surface area contributed by atoms with Gasteiger partial charge in [0, 0.05) is 33.3 Å². The van der Waals surface area contributed by atoms with Crippen LogP contribution in [0.15, 0.2) is 0 Å². The van der Waals surface area contributed by atoms with Gasteiger partial charge in [-0.05, 0) is 157 Å². The first-order valence-electron chi connectivity index (χ1n) is 34.9. The summed E-state index contributed by atoms with van der Waals surface area (Å²) in [5.74, 6) is 0. The molecule has 33 nitrogen and oxygen atoms in total. The molecule has 0 aromatic heterocycles. The van der Waals surface area contributed by atoms with Crippen molar-refractivity contribution in [2.75, 3.05) is 66.4 Å². The molecule has 0 aromatic carbocycles. The standard InChI is InChI=1S/3C13H26O7P.2C13H26O6P.5Ba.5H/c3*1-8(2)17-7-11-13(12(15)10(14)6-18-11)20-21(5,16)19-9(3)4;2*1-9(2)17-8-12-13(11(14)6-7-16-12)19-20(5,15)18-10(3)4;;;;;;;;;;/h3*6,8-15H,7H2,1-5H3;2*7,9-14H,6,8H2,1-5H3;;;;;;;;;;/q5*-1;5*+2;5*-1. The smallest absolute Gasteiger partial charge is 1.00 e. The van der Waals surface area contributed by atoms with Crippen LogP contribution in [0.1, 0.15) is 158 Å². The van der Waals surface area contributed by atoms with E-state index in [2.05, 4.69) is 0 Å². The van der Waals surface area contributed by atoms with Gasteiger partial charge in [-0.3, -0.25) is 36.4 Å². The van der Waals surface area contributed by atoms with Crippen molar-refractivity contribution < 1.29 is 163 Å². The minimum Gasteiger partial charge on any atom is -1.00 e. The Bertz CT molecular complexity index is 2350. The van der Waals surface area contributed by atoms with Crippen molar-refractivity contribution in [1.82, 2.24) is 0 Å². The van der Waals surface area contributed by atoms with Crippen LogP contribution in [0.3, 0.4) is 0 Å². The van der Waals surface area contributed by atoms with Crippen LogP contribution in [-0.4, -0.2) is 523 Å². The van der Waals surface area contributed by atoms with E-state index in [0.717, 1.165) is 19.8 Å². The summed E-state index contributed by atoms with van der Waals surface area (Å²) >= 11 is 0. The van der Waals surface area contributed by atoms with Crippen molar-refractivity contribution >= 4 is 282 Å². The third-order valence-corrected chi connectivity index (χ3v) is 20.7. The molecule has 5 fully saturated rings. The van der Waals surface area contributed by atoms with Crippen LogP contribution in [0.5, 0.6) is 0 Å². The zero-order chi connectivity index (χ0) is 79.3. The number of aliphatic hydroxyl groups excluding tert-OH is 8. The fourth-order valence-electron chi connectivity index (χ4n) is 9.65. The maximum absolute atomic E-state index is 12.3. The second kappa shape index (κ2) is 62.9. The minimum atomic E-state index is -3.39. The van der Waals surface area contributed by atoms with Crippen LogP contribution in [0.4, 0.5) is 0 Å². The van der Waals surface area contributed by atoms with Crippen LogP contribution < -0.4 is 0 Å². The number of rotatable bonds is 35. The van der Waals surface area contributed by atoms with Gasteiger partial charge in [-0.1, -0.05) is 0 Å². The van der Waals surface area contributed by atoms with Gasteiger partial charge in [0.15, 0.2) is 0 Å². The summed E-state index contributed by atoms with van der Waals surface area (Å²) in [6.07, 6.45) is -17.1. The molecule has 23 unspecified atom stereocenters. The van der Waals surface area contributed by atoms with Crippen LogP contribution in [0.25, 0.3) is 0 Å². The molecule has 0 radical (unpaired) electrons. The Hall–Kier alpha value is 7.89. The molecule has 0 amide bonds. The Balaban J connectivity index is -0.000000144. The number of hydrogen-bond donors (Lipinski definition) is 8. The second-order valence-electron chi connectivity index (χ2n) is 28.1. The average Bonchev–Trinajstić information content (AvgIpc) is 0.828. The Kier molecular flexibility index (Phi) is 72.5. The number of aliphatic hydroxyl groups is 8. The van der Waals surface area contributed by atoms with E-state index >= 15 is 0 Å². The Morgan fingerprint density at radius 2 is 0.463 bits per heavy atom. The first kappa shape index (κ1) is 124. The van der Waals surface area contributed by atoms with Crippen molar-refractivity contribution in [2.24, 2.45) is 0 Å². The molecule has 0 saturated carbocycles. The number of ether oxygens (including phenoxy) is 10. The van der Waals surface area contributed by atoms with E-state index in [0.29, 0.717) is 12.8 Å². The first-order valence-corrected chi connectivity index (χ1v) is 44.9. The summed E-state index contributed by atoms with van der Waals surface area (Å²) in [5.41, 5.74) is 0. The summed E-state index contributed by atoms with van der Waals surface area (Å²) in [6.45, 7) is 50.5. The van der Waals surface area contributed by atoms with Gasteiger partial charge < -0.3 is 127 Å². The van der Waals surface area contributed by atoms with Crippen molar-refractivity contribution in [1.29, 1.82) is 0 Å². The van der Waals surface area contributed by atoms with Crippen molar-refractivity contribution in [3.63, 3.8) is 0 Å². The van der Waals surface area contributed by atoms with E-state index in [1.54, 1.807) is 69.2 Å². The molecule has 5 aliphatic heterocycles. The van der Waals surface area contributed by atoms with Crippen LogP contribution in [0, 0.1) is 33.0 Å². The SMILES string of the molecule is CC(C)OCC1O[CH-]C(O)C(O)C1OP(C)(=O)OC(C)C.CC(C)OCC1O[CH-]C(O)C(O)C1OP(C)(=O)OC(C)C.CC(C)OCC1O[CH-]C(O)C(O)C1OP(C)(=O)OC(C)C.CC(C)OCC1O[CH-]CC(O)C1OP(C)(=O)OC(C)C.CC(C)OCC1O[CH-]CC(O)C1OP(C)(=O)OC(C)C.[Ba+2].[Ba+2].[Ba+2].[Ba+2].[Ba+2].[H-].[H-].[H-].[H-].[H-].